The van der Waals surface area contributed by atoms with Gasteiger partial charge in [0.05, 0.1) is 5.69 Å². The lowest BCUT2D eigenvalue weighted by Crippen LogP contribution is -1.96. The second kappa shape index (κ2) is 2.22. The average molecular weight is 151 g/mol. The highest BCUT2D eigenvalue weighted by atomic mass is 19.1. The SMILES string of the molecule is Nc1c(F)ccc2c1CCC2. The van der Waals surface area contributed by atoms with E-state index in [1.807, 2.05) is 6.07 Å². The van der Waals surface area contributed by atoms with Crippen LogP contribution in [0.5, 0.6) is 0 Å². The van der Waals surface area contributed by atoms with Crippen LogP contribution < -0.4 is 5.73 Å². The van der Waals surface area contributed by atoms with Crippen LogP contribution in [-0.2, 0) is 12.8 Å². The number of halogens is 1. The van der Waals surface area contributed by atoms with E-state index in [0.29, 0.717) is 5.69 Å². The number of nitrogens with two attached hydrogens (primary N) is 1. The Bertz CT molecular complexity index is 294. The molecule has 0 saturated heterocycles. The van der Waals surface area contributed by atoms with Crippen LogP contribution in [0.2, 0.25) is 0 Å². The fourth-order valence-corrected chi connectivity index (χ4v) is 1.67. The zero-order valence-corrected chi connectivity index (χ0v) is 6.23. The van der Waals surface area contributed by atoms with E-state index in [1.54, 1.807) is 0 Å². The number of anilines is 1. The molecular formula is C9H10FN. The summed E-state index contributed by atoms with van der Waals surface area (Å²) in [7, 11) is 0. The van der Waals surface area contributed by atoms with Gasteiger partial charge < -0.3 is 5.73 Å². The van der Waals surface area contributed by atoms with Gasteiger partial charge in [0, 0.05) is 0 Å². The lowest BCUT2D eigenvalue weighted by molar-refractivity contribution is 0.631. The van der Waals surface area contributed by atoms with Crippen LogP contribution in [0, 0.1) is 5.82 Å². The molecule has 0 radical (unpaired) electrons. The third kappa shape index (κ3) is 0.897. The first-order valence-corrected chi connectivity index (χ1v) is 3.85. The Morgan fingerprint density at radius 1 is 1.27 bits per heavy atom. The molecule has 1 aromatic rings. The standard InChI is InChI=1S/C9H10FN/c10-8-5-4-6-2-1-3-7(6)9(8)11/h4-5H,1-3,11H2. The van der Waals surface area contributed by atoms with Gasteiger partial charge in [0.1, 0.15) is 5.82 Å². The van der Waals surface area contributed by atoms with Gasteiger partial charge in [0.15, 0.2) is 0 Å². The number of aryl methyl sites for hydroxylation is 1. The molecule has 1 aromatic carbocycles. The molecule has 2 N–H and O–H groups in total. The van der Waals surface area contributed by atoms with Gasteiger partial charge in [0.2, 0.25) is 0 Å². The molecule has 11 heavy (non-hydrogen) atoms. The molecule has 2 heteroatoms. The maximum atomic E-state index is 12.8. The summed E-state index contributed by atoms with van der Waals surface area (Å²) in [5.41, 5.74) is 8.18. The predicted molar refractivity (Wildman–Crippen MR) is 42.8 cm³/mol. The topological polar surface area (TPSA) is 26.0 Å². The fourth-order valence-electron chi connectivity index (χ4n) is 1.67. The highest BCUT2D eigenvalue weighted by Gasteiger charge is 2.15. The zero-order chi connectivity index (χ0) is 7.84. The summed E-state index contributed by atoms with van der Waals surface area (Å²) in [5, 5.41) is 0. The van der Waals surface area contributed by atoms with Crippen molar-refractivity contribution in [1.29, 1.82) is 0 Å². The minimum Gasteiger partial charge on any atom is -0.396 e. The van der Waals surface area contributed by atoms with Gasteiger partial charge in [-0.15, -0.1) is 0 Å². The molecule has 0 saturated carbocycles. The Morgan fingerprint density at radius 2 is 2.09 bits per heavy atom. The maximum absolute atomic E-state index is 12.8. The van der Waals surface area contributed by atoms with Crippen LogP contribution in [-0.4, -0.2) is 0 Å². The highest BCUT2D eigenvalue weighted by Crippen LogP contribution is 2.28. The minimum atomic E-state index is -0.273. The van der Waals surface area contributed by atoms with E-state index in [4.69, 9.17) is 5.73 Å². The Balaban J connectivity index is 2.62. The maximum Gasteiger partial charge on any atom is 0.146 e. The fraction of sp³-hybridized carbons (Fsp3) is 0.333. The largest absolute Gasteiger partial charge is 0.396 e. The normalized spacial score (nSPS) is 15.0. The number of hydrogen-bond donors (Lipinski definition) is 1. The molecule has 0 fully saturated rings. The quantitative estimate of drug-likeness (QED) is 0.563. The van der Waals surface area contributed by atoms with Crippen LogP contribution in [0.1, 0.15) is 17.5 Å². The average Bonchev–Trinajstić information content (AvgIpc) is 2.45. The molecule has 0 atom stereocenters. The molecule has 0 heterocycles. The van der Waals surface area contributed by atoms with Crippen LogP contribution in [0.3, 0.4) is 0 Å². The summed E-state index contributed by atoms with van der Waals surface area (Å²) in [4.78, 5) is 0. The molecule has 0 amide bonds. The summed E-state index contributed by atoms with van der Waals surface area (Å²) in [6.07, 6.45) is 3.11. The minimum absolute atomic E-state index is 0.273. The monoisotopic (exact) mass is 151 g/mol. The molecule has 1 aliphatic carbocycles. The van der Waals surface area contributed by atoms with Crippen molar-refractivity contribution in [2.45, 2.75) is 19.3 Å². The Morgan fingerprint density at radius 3 is 2.91 bits per heavy atom. The molecule has 0 aromatic heterocycles. The van der Waals surface area contributed by atoms with Gasteiger partial charge in [0.25, 0.3) is 0 Å². The molecular weight excluding hydrogens is 141 g/mol. The van der Waals surface area contributed by atoms with Crippen molar-refractivity contribution in [3.63, 3.8) is 0 Å². The summed E-state index contributed by atoms with van der Waals surface area (Å²) in [6, 6.07) is 3.30. The van der Waals surface area contributed by atoms with Crippen molar-refractivity contribution in [3.8, 4) is 0 Å². The van der Waals surface area contributed by atoms with E-state index < -0.39 is 0 Å². The van der Waals surface area contributed by atoms with Crippen molar-refractivity contribution < 1.29 is 4.39 Å². The molecule has 0 bridgehead atoms. The molecule has 58 valence electrons. The molecule has 2 rings (SSSR count). The molecule has 1 aliphatic rings. The van der Waals surface area contributed by atoms with Gasteiger partial charge in [-0.05, 0) is 36.5 Å². The van der Waals surface area contributed by atoms with E-state index in [2.05, 4.69) is 0 Å². The third-order valence-corrected chi connectivity index (χ3v) is 2.27. The van der Waals surface area contributed by atoms with Gasteiger partial charge in [-0.25, -0.2) is 4.39 Å². The Kier molecular flexibility index (Phi) is 1.34. The summed E-state index contributed by atoms with van der Waals surface area (Å²) < 4.78 is 12.8. The van der Waals surface area contributed by atoms with Crippen molar-refractivity contribution >= 4 is 5.69 Å². The van der Waals surface area contributed by atoms with Crippen LogP contribution in [0.25, 0.3) is 0 Å². The third-order valence-electron chi connectivity index (χ3n) is 2.27. The van der Waals surface area contributed by atoms with E-state index in [-0.39, 0.29) is 5.82 Å². The molecule has 0 spiro atoms. The lowest BCUT2D eigenvalue weighted by atomic mass is 10.1. The zero-order valence-electron chi connectivity index (χ0n) is 6.23. The van der Waals surface area contributed by atoms with Crippen molar-refractivity contribution in [1.82, 2.24) is 0 Å². The number of fused-ring (bicyclic) bond motifs is 1. The van der Waals surface area contributed by atoms with Crippen LogP contribution >= 0.6 is 0 Å². The Hall–Kier alpha value is -1.05. The first kappa shape index (κ1) is 6.65. The molecule has 0 aliphatic heterocycles. The first-order valence-electron chi connectivity index (χ1n) is 3.85. The smallest absolute Gasteiger partial charge is 0.146 e. The van der Waals surface area contributed by atoms with E-state index >= 15 is 0 Å². The number of rotatable bonds is 0. The first-order chi connectivity index (χ1) is 5.29. The number of hydrogen-bond acceptors (Lipinski definition) is 1. The van der Waals surface area contributed by atoms with Crippen molar-refractivity contribution in [2.24, 2.45) is 0 Å². The Labute approximate surface area is 65.0 Å². The van der Waals surface area contributed by atoms with Crippen molar-refractivity contribution in [3.05, 3.63) is 29.1 Å². The summed E-state index contributed by atoms with van der Waals surface area (Å²) in [6.45, 7) is 0. The van der Waals surface area contributed by atoms with Gasteiger partial charge >= 0.3 is 0 Å². The van der Waals surface area contributed by atoms with Gasteiger partial charge in [-0.2, -0.15) is 0 Å². The molecule has 0 unspecified atom stereocenters. The number of benzene rings is 1. The summed E-state index contributed by atoms with van der Waals surface area (Å²) >= 11 is 0. The highest BCUT2D eigenvalue weighted by molar-refractivity contribution is 5.53. The van der Waals surface area contributed by atoms with E-state index in [0.717, 1.165) is 24.8 Å². The van der Waals surface area contributed by atoms with E-state index in [9.17, 15) is 4.39 Å². The second-order valence-electron chi connectivity index (χ2n) is 2.95. The van der Waals surface area contributed by atoms with Gasteiger partial charge in [-0.3, -0.25) is 0 Å². The van der Waals surface area contributed by atoms with Gasteiger partial charge in [-0.1, -0.05) is 6.07 Å². The molecule has 1 nitrogen and oxygen atoms in total. The predicted octanol–water partition coefficient (Wildman–Crippen LogP) is 1.90. The summed E-state index contributed by atoms with van der Waals surface area (Å²) in [5.74, 6) is -0.273. The van der Waals surface area contributed by atoms with Crippen LogP contribution in [0.4, 0.5) is 10.1 Å². The lowest BCUT2D eigenvalue weighted by Gasteiger charge is -2.03. The van der Waals surface area contributed by atoms with Crippen LogP contribution in [0.15, 0.2) is 12.1 Å². The van der Waals surface area contributed by atoms with E-state index in [1.165, 1.54) is 11.6 Å². The number of nitrogen functional groups attached to an aromatic ring is 1. The van der Waals surface area contributed by atoms with Crippen molar-refractivity contribution in [2.75, 3.05) is 5.73 Å². The second-order valence-corrected chi connectivity index (χ2v) is 2.95.